The maximum Gasteiger partial charge on any atom is 0.337 e. The Kier molecular flexibility index (Phi) is 8.88. The number of aliphatic carboxylic acids is 1. The fourth-order valence-electron chi connectivity index (χ4n) is 3.07. The molecule has 8 nitrogen and oxygen atoms in total. The van der Waals surface area contributed by atoms with Crippen LogP contribution in [0.5, 0.6) is 0 Å². The number of nitrogens with one attached hydrogen (secondary N) is 2. The summed E-state index contributed by atoms with van der Waals surface area (Å²) < 4.78 is 0. The van der Waals surface area contributed by atoms with Gasteiger partial charge in [0.25, 0.3) is 0 Å². The summed E-state index contributed by atoms with van der Waals surface area (Å²) in [6.45, 7) is 0. The van der Waals surface area contributed by atoms with E-state index in [2.05, 4.69) is 10.6 Å². The van der Waals surface area contributed by atoms with E-state index < -0.39 is 23.1 Å². The number of rotatable bonds is 10. The molecule has 0 aliphatic heterocycles. The van der Waals surface area contributed by atoms with Crippen LogP contribution < -0.4 is 10.6 Å². The molecule has 0 saturated carbocycles. The summed E-state index contributed by atoms with van der Waals surface area (Å²) in [5.74, 6) is -3.01. The molecule has 1 atom stereocenters. The molecule has 180 valence electrons. The van der Waals surface area contributed by atoms with E-state index >= 15 is 0 Å². The van der Waals surface area contributed by atoms with Gasteiger partial charge in [-0.2, -0.15) is 0 Å². The molecule has 1 unspecified atom stereocenters. The van der Waals surface area contributed by atoms with Crippen LogP contribution in [-0.4, -0.2) is 34.0 Å². The lowest BCUT2D eigenvalue weighted by Crippen LogP contribution is -2.19. The summed E-state index contributed by atoms with van der Waals surface area (Å²) >= 11 is 7.20. The third-order valence-corrected chi connectivity index (χ3v) is 6.36. The van der Waals surface area contributed by atoms with Crippen LogP contribution in [0.4, 0.5) is 11.4 Å². The van der Waals surface area contributed by atoms with Gasteiger partial charge >= 0.3 is 11.9 Å². The molecule has 4 N–H and O–H groups in total. The van der Waals surface area contributed by atoms with Gasteiger partial charge in [0.2, 0.25) is 11.8 Å². The third kappa shape index (κ3) is 7.59. The minimum Gasteiger partial charge on any atom is -0.481 e. The average Bonchev–Trinajstić information content (AvgIpc) is 2.83. The van der Waals surface area contributed by atoms with E-state index in [9.17, 15) is 24.3 Å². The van der Waals surface area contributed by atoms with Crippen LogP contribution >= 0.6 is 23.4 Å². The van der Waals surface area contributed by atoms with Crippen molar-refractivity contribution >= 4 is 58.5 Å². The number of anilines is 2. The van der Waals surface area contributed by atoms with Crippen molar-refractivity contribution in [3.05, 3.63) is 88.9 Å². The maximum absolute atomic E-state index is 13.2. The molecule has 0 radical (unpaired) electrons. The predicted octanol–water partition coefficient (Wildman–Crippen LogP) is 5.31. The first-order valence-electron chi connectivity index (χ1n) is 10.4. The standard InChI is InChI=1S/C25H21ClN2O6S/c26-20-11-8-17(14-19(20)25(33)34)28-24(32)23(15-4-2-1-3-5-15)35-18-9-6-16(7-10-18)27-21(29)12-13-22(30)31/h1-11,14,23H,12-13H2,(H,27,29)(H,28,32)(H,30,31)(H,33,34). The first-order valence-corrected chi connectivity index (χ1v) is 11.7. The lowest BCUT2D eigenvalue weighted by atomic mass is 10.1. The molecule has 0 bridgehead atoms. The van der Waals surface area contributed by atoms with Gasteiger partial charge in [0.05, 0.1) is 17.0 Å². The lowest BCUT2D eigenvalue weighted by Gasteiger charge is -2.18. The normalized spacial score (nSPS) is 11.3. The van der Waals surface area contributed by atoms with E-state index in [1.54, 1.807) is 24.3 Å². The van der Waals surface area contributed by atoms with E-state index in [4.69, 9.17) is 16.7 Å². The molecular formula is C25H21ClN2O6S. The van der Waals surface area contributed by atoms with Gasteiger partial charge < -0.3 is 20.8 Å². The highest BCUT2D eigenvalue weighted by Gasteiger charge is 2.23. The van der Waals surface area contributed by atoms with Gasteiger partial charge in [-0.05, 0) is 48.0 Å². The molecule has 10 heteroatoms. The van der Waals surface area contributed by atoms with Crippen LogP contribution in [0, 0.1) is 0 Å². The number of hydrogen-bond donors (Lipinski definition) is 4. The SMILES string of the molecule is O=C(O)CCC(=O)Nc1ccc(SC(C(=O)Nc2ccc(Cl)c(C(=O)O)c2)c2ccccc2)cc1. The van der Waals surface area contributed by atoms with Gasteiger partial charge in [0, 0.05) is 22.7 Å². The zero-order chi connectivity index (χ0) is 25.4. The van der Waals surface area contributed by atoms with Crippen molar-refractivity contribution in [1.82, 2.24) is 0 Å². The minimum atomic E-state index is -1.20. The van der Waals surface area contributed by atoms with Crippen molar-refractivity contribution in [3.8, 4) is 0 Å². The Morgan fingerprint density at radius 2 is 1.49 bits per heavy atom. The van der Waals surface area contributed by atoms with E-state index in [1.807, 2.05) is 30.3 Å². The summed E-state index contributed by atoms with van der Waals surface area (Å²) in [6, 6.07) is 20.2. The number of benzene rings is 3. The summed E-state index contributed by atoms with van der Waals surface area (Å²) in [5.41, 5.74) is 1.44. The van der Waals surface area contributed by atoms with Crippen molar-refractivity contribution < 1.29 is 29.4 Å². The topological polar surface area (TPSA) is 133 Å². The molecular weight excluding hydrogens is 492 g/mol. The number of carboxylic acids is 2. The second-order valence-electron chi connectivity index (χ2n) is 7.36. The highest BCUT2D eigenvalue weighted by atomic mass is 35.5. The monoisotopic (exact) mass is 512 g/mol. The van der Waals surface area contributed by atoms with Gasteiger partial charge in [-0.15, -0.1) is 11.8 Å². The highest BCUT2D eigenvalue weighted by Crippen LogP contribution is 2.37. The fraction of sp³-hybridized carbons (Fsp3) is 0.120. The number of aromatic carboxylic acids is 1. The molecule has 0 aliphatic carbocycles. The molecule has 0 aromatic heterocycles. The Bertz CT molecular complexity index is 1230. The second-order valence-corrected chi connectivity index (χ2v) is 8.95. The Hall–Kier alpha value is -3.82. The number of halogens is 1. The van der Waals surface area contributed by atoms with Crippen molar-refractivity contribution in [2.75, 3.05) is 10.6 Å². The first kappa shape index (κ1) is 25.8. The highest BCUT2D eigenvalue weighted by molar-refractivity contribution is 8.00. The zero-order valence-electron chi connectivity index (χ0n) is 18.2. The van der Waals surface area contributed by atoms with E-state index in [0.29, 0.717) is 11.4 Å². The van der Waals surface area contributed by atoms with Gasteiger partial charge in [-0.25, -0.2) is 4.79 Å². The Morgan fingerprint density at radius 1 is 0.829 bits per heavy atom. The molecule has 0 aliphatic rings. The number of hydrogen-bond acceptors (Lipinski definition) is 5. The summed E-state index contributed by atoms with van der Waals surface area (Å²) in [4.78, 5) is 47.8. The Balaban J connectivity index is 1.75. The fourth-order valence-corrected chi connectivity index (χ4v) is 4.30. The van der Waals surface area contributed by atoms with Crippen molar-refractivity contribution in [3.63, 3.8) is 0 Å². The summed E-state index contributed by atoms with van der Waals surface area (Å²) in [5, 5.41) is 22.8. The number of carboxylic acid groups (broad SMARTS) is 2. The van der Waals surface area contributed by atoms with Crippen LogP contribution in [-0.2, 0) is 14.4 Å². The van der Waals surface area contributed by atoms with Gasteiger partial charge in [0.1, 0.15) is 5.25 Å². The largest absolute Gasteiger partial charge is 0.481 e. The molecule has 3 aromatic rings. The molecule has 0 spiro atoms. The zero-order valence-corrected chi connectivity index (χ0v) is 19.8. The molecule has 3 rings (SSSR count). The van der Waals surface area contributed by atoms with E-state index in [-0.39, 0.29) is 29.3 Å². The van der Waals surface area contributed by atoms with E-state index in [0.717, 1.165) is 10.5 Å². The number of amides is 2. The van der Waals surface area contributed by atoms with Crippen LogP contribution in [0.3, 0.4) is 0 Å². The Labute approximate surface area is 210 Å². The molecule has 3 aromatic carbocycles. The van der Waals surface area contributed by atoms with Crippen LogP contribution in [0.2, 0.25) is 5.02 Å². The summed E-state index contributed by atoms with van der Waals surface area (Å²) in [7, 11) is 0. The first-order chi connectivity index (χ1) is 16.7. The van der Waals surface area contributed by atoms with E-state index in [1.165, 1.54) is 30.0 Å². The minimum absolute atomic E-state index is 0.0691. The molecule has 2 amide bonds. The second kappa shape index (κ2) is 12.0. The van der Waals surface area contributed by atoms with Crippen LogP contribution in [0.25, 0.3) is 0 Å². The number of carbonyl (C=O) groups excluding carboxylic acids is 2. The molecule has 0 saturated heterocycles. The van der Waals surface area contributed by atoms with Gasteiger partial charge in [-0.3, -0.25) is 14.4 Å². The lowest BCUT2D eigenvalue weighted by molar-refractivity contribution is -0.138. The van der Waals surface area contributed by atoms with Gasteiger partial charge in [-0.1, -0.05) is 41.9 Å². The molecule has 35 heavy (non-hydrogen) atoms. The van der Waals surface area contributed by atoms with Crippen molar-refractivity contribution in [2.45, 2.75) is 23.0 Å². The average molecular weight is 513 g/mol. The number of carbonyl (C=O) groups is 4. The number of thioether (sulfide) groups is 1. The smallest absolute Gasteiger partial charge is 0.337 e. The molecule has 0 fully saturated rings. The quantitative estimate of drug-likeness (QED) is 0.270. The van der Waals surface area contributed by atoms with Crippen LogP contribution in [0.15, 0.2) is 77.7 Å². The third-order valence-electron chi connectivity index (χ3n) is 4.76. The van der Waals surface area contributed by atoms with Crippen LogP contribution in [0.1, 0.15) is 34.0 Å². The Morgan fingerprint density at radius 3 is 2.11 bits per heavy atom. The van der Waals surface area contributed by atoms with Crippen molar-refractivity contribution in [2.24, 2.45) is 0 Å². The molecule has 0 heterocycles. The summed E-state index contributed by atoms with van der Waals surface area (Å²) in [6.07, 6.45) is -0.383. The van der Waals surface area contributed by atoms with Gasteiger partial charge in [0.15, 0.2) is 0 Å². The van der Waals surface area contributed by atoms with Crippen molar-refractivity contribution in [1.29, 1.82) is 0 Å². The maximum atomic E-state index is 13.2. The predicted molar refractivity (Wildman–Crippen MR) is 134 cm³/mol.